The van der Waals surface area contributed by atoms with Crippen LogP contribution in [0.15, 0.2) is 18.2 Å². The molecule has 0 aromatic heterocycles. The number of rotatable bonds is 5. The van der Waals surface area contributed by atoms with Crippen LogP contribution in [0.5, 0.6) is 0 Å². The van der Waals surface area contributed by atoms with Crippen LogP contribution in [-0.4, -0.2) is 30.6 Å². The average molecular weight is 275 g/mol. The first kappa shape index (κ1) is 15.0. The molecule has 1 saturated heterocycles. The van der Waals surface area contributed by atoms with E-state index in [0.717, 1.165) is 6.54 Å². The summed E-state index contributed by atoms with van der Waals surface area (Å²) < 4.78 is 13.7. The standard InChI is InChI=1S/C16H22FN3/c1-13(12-20-7-3-2-4-8-20)19-11-15-6-5-14(10-18)9-16(15)17/h5-6,9,13,19H,2-4,7-8,11-12H2,1H3. The summed E-state index contributed by atoms with van der Waals surface area (Å²) in [6, 6.07) is 6.93. The molecular weight excluding hydrogens is 253 g/mol. The zero-order valence-electron chi connectivity index (χ0n) is 12.0. The third-order valence-electron chi connectivity index (χ3n) is 3.80. The third kappa shape index (κ3) is 4.29. The highest BCUT2D eigenvalue weighted by Crippen LogP contribution is 2.11. The molecule has 1 aliphatic heterocycles. The minimum absolute atomic E-state index is 0.304. The highest BCUT2D eigenvalue weighted by atomic mass is 19.1. The van der Waals surface area contributed by atoms with Crippen LogP contribution in [0.4, 0.5) is 4.39 Å². The molecule has 0 radical (unpaired) electrons. The molecule has 1 heterocycles. The quantitative estimate of drug-likeness (QED) is 0.898. The summed E-state index contributed by atoms with van der Waals surface area (Å²) in [5.74, 6) is -0.304. The first-order chi connectivity index (χ1) is 9.69. The molecule has 0 bridgehead atoms. The second-order valence-corrected chi connectivity index (χ2v) is 5.56. The van der Waals surface area contributed by atoms with E-state index < -0.39 is 0 Å². The molecule has 0 amide bonds. The summed E-state index contributed by atoms with van der Waals surface area (Å²) in [4.78, 5) is 2.47. The Labute approximate surface area is 120 Å². The van der Waals surface area contributed by atoms with Crippen molar-refractivity contribution >= 4 is 0 Å². The van der Waals surface area contributed by atoms with Crippen molar-refractivity contribution in [1.82, 2.24) is 10.2 Å². The number of hydrogen-bond acceptors (Lipinski definition) is 3. The van der Waals surface area contributed by atoms with Gasteiger partial charge in [-0.15, -0.1) is 0 Å². The number of likely N-dealkylation sites (tertiary alicyclic amines) is 1. The number of nitrogens with one attached hydrogen (secondary N) is 1. The Morgan fingerprint density at radius 3 is 2.75 bits per heavy atom. The van der Waals surface area contributed by atoms with Gasteiger partial charge in [0.2, 0.25) is 0 Å². The number of nitrogens with zero attached hydrogens (tertiary/aromatic N) is 2. The average Bonchev–Trinajstić information content (AvgIpc) is 2.47. The van der Waals surface area contributed by atoms with Gasteiger partial charge in [-0.3, -0.25) is 0 Å². The second kappa shape index (κ2) is 7.37. The van der Waals surface area contributed by atoms with Gasteiger partial charge in [0, 0.05) is 24.7 Å². The first-order valence-corrected chi connectivity index (χ1v) is 7.33. The van der Waals surface area contributed by atoms with E-state index in [0.29, 0.717) is 23.7 Å². The summed E-state index contributed by atoms with van der Waals surface area (Å²) in [6.07, 6.45) is 3.92. The van der Waals surface area contributed by atoms with Gasteiger partial charge in [0.1, 0.15) is 5.82 Å². The molecule has 0 spiro atoms. The van der Waals surface area contributed by atoms with Crippen LogP contribution in [0, 0.1) is 17.1 Å². The summed E-state index contributed by atoms with van der Waals surface area (Å²) in [5, 5.41) is 12.1. The van der Waals surface area contributed by atoms with Gasteiger partial charge < -0.3 is 10.2 Å². The van der Waals surface area contributed by atoms with Crippen molar-refractivity contribution in [2.75, 3.05) is 19.6 Å². The van der Waals surface area contributed by atoms with Crippen LogP contribution in [0.2, 0.25) is 0 Å². The van der Waals surface area contributed by atoms with Crippen molar-refractivity contribution in [3.8, 4) is 6.07 Å². The molecule has 3 nitrogen and oxygen atoms in total. The molecule has 1 unspecified atom stereocenters. The lowest BCUT2D eigenvalue weighted by Gasteiger charge is -2.29. The third-order valence-corrected chi connectivity index (χ3v) is 3.80. The Kier molecular flexibility index (Phi) is 5.51. The lowest BCUT2D eigenvalue weighted by Crippen LogP contribution is -2.41. The monoisotopic (exact) mass is 275 g/mol. The molecule has 1 fully saturated rings. The topological polar surface area (TPSA) is 39.1 Å². The van der Waals surface area contributed by atoms with Gasteiger partial charge in [-0.05, 0) is 45.0 Å². The van der Waals surface area contributed by atoms with Gasteiger partial charge in [0.05, 0.1) is 11.6 Å². The predicted molar refractivity (Wildman–Crippen MR) is 77.7 cm³/mol. The Morgan fingerprint density at radius 1 is 1.35 bits per heavy atom. The molecule has 1 aromatic carbocycles. The zero-order chi connectivity index (χ0) is 14.4. The van der Waals surface area contributed by atoms with Crippen LogP contribution in [-0.2, 0) is 6.54 Å². The van der Waals surface area contributed by atoms with E-state index in [1.165, 1.54) is 38.4 Å². The van der Waals surface area contributed by atoms with Gasteiger partial charge in [0.15, 0.2) is 0 Å². The molecular formula is C16H22FN3. The summed E-state index contributed by atoms with van der Waals surface area (Å²) in [5.41, 5.74) is 0.988. The maximum atomic E-state index is 13.7. The summed E-state index contributed by atoms with van der Waals surface area (Å²) in [6.45, 7) is 6.01. The van der Waals surface area contributed by atoms with E-state index in [2.05, 4.69) is 17.1 Å². The molecule has 0 aliphatic carbocycles. The molecule has 1 N–H and O–H groups in total. The molecule has 0 saturated carbocycles. The van der Waals surface area contributed by atoms with Crippen molar-refractivity contribution in [2.45, 2.75) is 38.8 Å². The molecule has 1 atom stereocenters. The van der Waals surface area contributed by atoms with Crippen LogP contribution in [0.3, 0.4) is 0 Å². The normalized spacial score (nSPS) is 17.6. The minimum atomic E-state index is -0.304. The van der Waals surface area contributed by atoms with Gasteiger partial charge >= 0.3 is 0 Å². The van der Waals surface area contributed by atoms with Crippen LogP contribution in [0.25, 0.3) is 0 Å². The lowest BCUT2D eigenvalue weighted by atomic mass is 10.1. The Balaban J connectivity index is 1.80. The molecule has 2 rings (SSSR count). The van der Waals surface area contributed by atoms with Crippen LogP contribution >= 0.6 is 0 Å². The Hall–Kier alpha value is -1.44. The van der Waals surface area contributed by atoms with Gasteiger partial charge in [-0.1, -0.05) is 12.5 Å². The molecule has 20 heavy (non-hydrogen) atoms. The van der Waals surface area contributed by atoms with Gasteiger partial charge in [0.25, 0.3) is 0 Å². The summed E-state index contributed by atoms with van der Waals surface area (Å²) >= 11 is 0. The van der Waals surface area contributed by atoms with Crippen molar-refractivity contribution < 1.29 is 4.39 Å². The van der Waals surface area contributed by atoms with E-state index in [1.54, 1.807) is 12.1 Å². The Bertz CT molecular complexity index is 475. The number of nitriles is 1. The van der Waals surface area contributed by atoms with E-state index in [9.17, 15) is 4.39 Å². The fourth-order valence-electron chi connectivity index (χ4n) is 2.64. The van der Waals surface area contributed by atoms with Crippen molar-refractivity contribution in [2.24, 2.45) is 0 Å². The molecule has 108 valence electrons. The Morgan fingerprint density at radius 2 is 2.10 bits per heavy atom. The maximum Gasteiger partial charge on any atom is 0.129 e. The van der Waals surface area contributed by atoms with Crippen molar-refractivity contribution in [3.63, 3.8) is 0 Å². The largest absolute Gasteiger partial charge is 0.309 e. The van der Waals surface area contributed by atoms with Crippen molar-refractivity contribution in [3.05, 3.63) is 35.1 Å². The minimum Gasteiger partial charge on any atom is -0.309 e. The predicted octanol–water partition coefficient (Wildman–Crippen LogP) is 2.66. The fourth-order valence-corrected chi connectivity index (χ4v) is 2.64. The molecule has 1 aliphatic rings. The number of halogens is 1. The number of benzene rings is 1. The van der Waals surface area contributed by atoms with Crippen molar-refractivity contribution in [1.29, 1.82) is 5.26 Å². The smallest absolute Gasteiger partial charge is 0.129 e. The van der Waals surface area contributed by atoms with Crippen LogP contribution < -0.4 is 5.32 Å². The highest BCUT2D eigenvalue weighted by Gasteiger charge is 2.13. The fraction of sp³-hybridized carbons (Fsp3) is 0.562. The van der Waals surface area contributed by atoms with E-state index in [-0.39, 0.29) is 5.82 Å². The second-order valence-electron chi connectivity index (χ2n) is 5.56. The van der Waals surface area contributed by atoms with Gasteiger partial charge in [-0.25, -0.2) is 4.39 Å². The zero-order valence-corrected chi connectivity index (χ0v) is 12.0. The first-order valence-electron chi connectivity index (χ1n) is 7.33. The van der Waals surface area contributed by atoms with E-state index >= 15 is 0 Å². The van der Waals surface area contributed by atoms with Gasteiger partial charge in [-0.2, -0.15) is 5.26 Å². The number of piperidine rings is 1. The SMILES string of the molecule is CC(CN1CCCCC1)NCc1ccc(C#N)cc1F. The molecule has 1 aromatic rings. The highest BCUT2D eigenvalue weighted by molar-refractivity contribution is 5.32. The number of hydrogen-bond donors (Lipinski definition) is 1. The lowest BCUT2D eigenvalue weighted by molar-refractivity contribution is 0.208. The van der Waals surface area contributed by atoms with E-state index in [4.69, 9.17) is 5.26 Å². The van der Waals surface area contributed by atoms with E-state index in [1.807, 2.05) is 6.07 Å². The van der Waals surface area contributed by atoms with Crippen LogP contribution in [0.1, 0.15) is 37.3 Å². The maximum absolute atomic E-state index is 13.7. The molecule has 4 heteroatoms. The summed E-state index contributed by atoms with van der Waals surface area (Å²) in [7, 11) is 0.